The minimum absolute atomic E-state index is 0.00115. The molecule has 0 fully saturated rings. The number of alkyl halides is 3. The highest BCUT2D eigenvalue weighted by molar-refractivity contribution is 7.07. The highest BCUT2D eigenvalue weighted by Gasteiger charge is 2.31. The molecule has 2 aromatic rings. The number of hydrogen-bond donors (Lipinski definition) is 1. The average Bonchev–Trinajstić information content (AvgIpc) is 3.07. The molecule has 1 heterocycles. The van der Waals surface area contributed by atoms with Crippen LogP contribution in [-0.4, -0.2) is 26.2 Å². The second-order valence-electron chi connectivity index (χ2n) is 5.23. The third-order valence-electron chi connectivity index (χ3n) is 3.35. The van der Waals surface area contributed by atoms with Crippen LogP contribution in [0, 0.1) is 0 Å². The molecule has 8 heteroatoms. The molecule has 0 aliphatic heterocycles. The molecule has 0 unspecified atom stereocenters. The molecule has 0 aliphatic carbocycles. The van der Waals surface area contributed by atoms with E-state index in [0.717, 1.165) is 17.7 Å². The summed E-state index contributed by atoms with van der Waals surface area (Å²) in [5.41, 5.74) is 0.168. The van der Waals surface area contributed by atoms with E-state index in [-0.39, 0.29) is 37.0 Å². The van der Waals surface area contributed by atoms with Crippen LogP contribution in [0.2, 0.25) is 0 Å². The van der Waals surface area contributed by atoms with E-state index >= 15 is 0 Å². The Hall–Kier alpha value is -2.06. The van der Waals surface area contributed by atoms with Crippen LogP contribution in [0.5, 0.6) is 5.75 Å². The number of methoxy groups -OCH3 is 1. The zero-order valence-electron chi connectivity index (χ0n) is 13.6. The van der Waals surface area contributed by atoms with Crippen molar-refractivity contribution in [3.05, 3.63) is 46.2 Å². The van der Waals surface area contributed by atoms with Crippen molar-refractivity contribution in [1.29, 1.82) is 0 Å². The Kier molecular flexibility index (Phi) is 6.83. The number of amides is 1. The lowest BCUT2D eigenvalue weighted by Crippen LogP contribution is -2.15. The summed E-state index contributed by atoms with van der Waals surface area (Å²) in [5.74, 6) is -0.198. The number of carbonyl (C=O) groups is 1. The molecular weight excluding hydrogens is 355 g/mol. The summed E-state index contributed by atoms with van der Waals surface area (Å²) in [6.45, 7) is 0.451. The van der Waals surface area contributed by atoms with Crippen molar-refractivity contribution in [3.63, 3.8) is 0 Å². The molecule has 0 radical (unpaired) electrons. The molecule has 0 saturated carbocycles. The topological polar surface area (TPSA) is 47.6 Å². The van der Waals surface area contributed by atoms with Gasteiger partial charge in [-0.2, -0.15) is 24.5 Å². The van der Waals surface area contributed by atoms with Gasteiger partial charge in [0.15, 0.2) is 0 Å². The standard InChI is InChI=1S/C17H18F3NO3S/c1-23-7-8-24-15-4-3-13(17(18,19)20)10-14(15)21-16(22)5-2-12-6-9-25-11-12/h3-4,6,9-11H,2,5,7-8H2,1H3,(H,21,22). The fraction of sp³-hybridized carbons (Fsp3) is 0.353. The molecule has 1 aromatic heterocycles. The number of rotatable bonds is 8. The van der Waals surface area contributed by atoms with Crippen molar-refractivity contribution < 1.29 is 27.4 Å². The molecule has 1 amide bonds. The smallest absolute Gasteiger partial charge is 0.416 e. The van der Waals surface area contributed by atoms with Gasteiger partial charge in [-0.25, -0.2) is 0 Å². The lowest BCUT2D eigenvalue weighted by atomic mass is 10.1. The van der Waals surface area contributed by atoms with E-state index in [1.807, 2.05) is 16.8 Å². The summed E-state index contributed by atoms with van der Waals surface area (Å²) < 4.78 is 49.0. The molecule has 25 heavy (non-hydrogen) atoms. The molecule has 0 bridgehead atoms. The normalized spacial score (nSPS) is 11.4. The maximum Gasteiger partial charge on any atom is 0.416 e. The maximum atomic E-state index is 12.9. The van der Waals surface area contributed by atoms with Crippen molar-refractivity contribution >= 4 is 22.9 Å². The van der Waals surface area contributed by atoms with Crippen LogP contribution in [-0.2, 0) is 22.1 Å². The number of nitrogens with one attached hydrogen (secondary N) is 1. The number of anilines is 1. The molecule has 0 spiro atoms. The van der Waals surface area contributed by atoms with Crippen LogP contribution in [0.1, 0.15) is 17.5 Å². The fourth-order valence-electron chi connectivity index (χ4n) is 2.07. The van der Waals surface area contributed by atoms with E-state index in [9.17, 15) is 18.0 Å². The summed E-state index contributed by atoms with van der Waals surface area (Å²) in [4.78, 5) is 12.1. The van der Waals surface area contributed by atoms with Gasteiger partial charge in [-0.15, -0.1) is 0 Å². The Balaban J connectivity index is 2.09. The van der Waals surface area contributed by atoms with Crippen LogP contribution in [0.4, 0.5) is 18.9 Å². The van der Waals surface area contributed by atoms with E-state index in [0.29, 0.717) is 6.42 Å². The third-order valence-corrected chi connectivity index (χ3v) is 4.08. The van der Waals surface area contributed by atoms with Crippen molar-refractivity contribution in [1.82, 2.24) is 0 Å². The number of ether oxygens (including phenoxy) is 2. The second kappa shape index (κ2) is 8.87. The number of carbonyl (C=O) groups excluding carboxylic acids is 1. The van der Waals surface area contributed by atoms with E-state index in [1.54, 1.807) is 0 Å². The fourth-order valence-corrected chi connectivity index (χ4v) is 2.77. The maximum absolute atomic E-state index is 12.9. The second-order valence-corrected chi connectivity index (χ2v) is 6.01. The highest BCUT2D eigenvalue weighted by Crippen LogP contribution is 2.35. The minimum atomic E-state index is -4.50. The van der Waals surface area contributed by atoms with Gasteiger partial charge in [0, 0.05) is 13.5 Å². The minimum Gasteiger partial charge on any atom is -0.489 e. The lowest BCUT2D eigenvalue weighted by Gasteiger charge is -2.15. The van der Waals surface area contributed by atoms with Crippen molar-refractivity contribution in [3.8, 4) is 5.75 Å². The first kappa shape index (κ1) is 19.3. The zero-order valence-corrected chi connectivity index (χ0v) is 14.4. The zero-order chi connectivity index (χ0) is 18.3. The Bertz CT molecular complexity index is 687. The molecular formula is C17H18F3NO3S. The van der Waals surface area contributed by atoms with E-state index in [4.69, 9.17) is 9.47 Å². The first-order valence-electron chi connectivity index (χ1n) is 7.54. The predicted molar refractivity (Wildman–Crippen MR) is 90.1 cm³/mol. The molecule has 0 atom stereocenters. The first-order chi connectivity index (χ1) is 11.9. The number of halogens is 3. The van der Waals surface area contributed by atoms with Crippen LogP contribution < -0.4 is 10.1 Å². The first-order valence-corrected chi connectivity index (χ1v) is 8.48. The lowest BCUT2D eigenvalue weighted by molar-refractivity contribution is -0.137. The quantitative estimate of drug-likeness (QED) is 0.700. The molecule has 1 aromatic carbocycles. The third kappa shape index (κ3) is 6.06. The molecule has 1 N–H and O–H groups in total. The SMILES string of the molecule is COCCOc1ccc(C(F)(F)F)cc1NC(=O)CCc1ccsc1. The van der Waals surface area contributed by atoms with Crippen LogP contribution in [0.3, 0.4) is 0 Å². The molecule has 4 nitrogen and oxygen atoms in total. The Labute approximate surface area is 147 Å². The highest BCUT2D eigenvalue weighted by atomic mass is 32.1. The molecule has 0 saturated heterocycles. The van der Waals surface area contributed by atoms with Gasteiger partial charge in [0.05, 0.1) is 17.9 Å². The van der Waals surface area contributed by atoms with Crippen LogP contribution >= 0.6 is 11.3 Å². The van der Waals surface area contributed by atoms with Gasteiger partial charge in [0.1, 0.15) is 12.4 Å². The summed E-state index contributed by atoms with van der Waals surface area (Å²) in [6.07, 6.45) is -3.81. The number of aryl methyl sites for hydroxylation is 1. The number of thiophene rings is 1. The van der Waals surface area contributed by atoms with E-state index in [2.05, 4.69) is 5.32 Å². The van der Waals surface area contributed by atoms with Crippen molar-refractivity contribution in [2.45, 2.75) is 19.0 Å². The van der Waals surface area contributed by atoms with Crippen LogP contribution in [0.25, 0.3) is 0 Å². The number of hydrogen-bond acceptors (Lipinski definition) is 4. The monoisotopic (exact) mass is 373 g/mol. The van der Waals surface area contributed by atoms with Gasteiger partial charge in [0.25, 0.3) is 0 Å². The summed E-state index contributed by atoms with van der Waals surface area (Å²) in [7, 11) is 1.49. The summed E-state index contributed by atoms with van der Waals surface area (Å²) in [6, 6.07) is 4.91. The van der Waals surface area contributed by atoms with Gasteiger partial charge in [0.2, 0.25) is 5.91 Å². The number of benzene rings is 1. The molecule has 136 valence electrons. The van der Waals surface area contributed by atoms with E-state index < -0.39 is 11.7 Å². The van der Waals surface area contributed by atoms with E-state index in [1.165, 1.54) is 24.5 Å². The average molecular weight is 373 g/mol. The Morgan fingerprint density at radius 2 is 2.04 bits per heavy atom. The van der Waals surface area contributed by atoms with Gasteiger partial charge in [-0.05, 0) is 47.0 Å². The Morgan fingerprint density at radius 1 is 1.24 bits per heavy atom. The molecule has 0 aliphatic rings. The summed E-state index contributed by atoms with van der Waals surface area (Å²) in [5, 5.41) is 6.34. The van der Waals surface area contributed by atoms with Gasteiger partial charge < -0.3 is 14.8 Å². The van der Waals surface area contributed by atoms with Gasteiger partial charge >= 0.3 is 6.18 Å². The van der Waals surface area contributed by atoms with Crippen LogP contribution in [0.15, 0.2) is 35.0 Å². The predicted octanol–water partition coefficient (Wildman–Crippen LogP) is 4.36. The Morgan fingerprint density at radius 3 is 2.68 bits per heavy atom. The summed E-state index contributed by atoms with van der Waals surface area (Å²) >= 11 is 1.53. The molecule has 2 rings (SSSR count). The van der Waals surface area contributed by atoms with Crippen molar-refractivity contribution in [2.24, 2.45) is 0 Å². The van der Waals surface area contributed by atoms with Gasteiger partial charge in [-0.3, -0.25) is 4.79 Å². The van der Waals surface area contributed by atoms with Gasteiger partial charge in [-0.1, -0.05) is 0 Å². The van der Waals surface area contributed by atoms with Crippen molar-refractivity contribution in [2.75, 3.05) is 25.6 Å². The largest absolute Gasteiger partial charge is 0.489 e.